The molecule has 0 amide bonds. The Bertz CT molecular complexity index is 223. The second-order valence-electron chi connectivity index (χ2n) is 4.35. The molecule has 2 fully saturated rings. The fourth-order valence-electron chi connectivity index (χ4n) is 2.42. The number of Topliss-reactive ketones (excluding diaryl/α,β-unsaturated/α-hetero) is 1. The molecule has 3 nitrogen and oxygen atoms in total. The van der Waals surface area contributed by atoms with Crippen molar-refractivity contribution in [2.24, 2.45) is 0 Å². The van der Waals surface area contributed by atoms with Crippen molar-refractivity contribution in [2.45, 2.75) is 50.7 Å². The molecular weight excluding hydrogens is 180 g/mol. The van der Waals surface area contributed by atoms with E-state index in [9.17, 15) is 4.79 Å². The summed E-state index contributed by atoms with van der Waals surface area (Å²) in [6, 6.07) is 0. The normalized spacial score (nSPS) is 38.9. The van der Waals surface area contributed by atoms with E-state index >= 15 is 0 Å². The number of ketones is 1. The maximum absolute atomic E-state index is 11.4. The molecule has 0 aromatic rings. The van der Waals surface area contributed by atoms with E-state index < -0.39 is 0 Å². The van der Waals surface area contributed by atoms with Gasteiger partial charge in [0.2, 0.25) is 0 Å². The van der Waals surface area contributed by atoms with Gasteiger partial charge in [0.15, 0.2) is 0 Å². The first-order valence-corrected chi connectivity index (χ1v) is 5.51. The number of carbonyl (C=O) groups excluding carboxylic acids is 1. The summed E-state index contributed by atoms with van der Waals surface area (Å²) in [6.45, 7) is 3.47. The molecule has 2 saturated heterocycles. The second-order valence-corrected chi connectivity index (χ2v) is 4.35. The lowest BCUT2D eigenvalue weighted by Gasteiger charge is -2.42. The van der Waals surface area contributed by atoms with Gasteiger partial charge < -0.3 is 9.47 Å². The highest BCUT2D eigenvalue weighted by Gasteiger charge is 2.41. The van der Waals surface area contributed by atoms with Crippen molar-refractivity contribution in [3.63, 3.8) is 0 Å². The summed E-state index contributed by atoms with van der Waals surface area (Å²) in [5, 5.41) is 0. The Morgan fingerprint density at radius 3 is 3.07 bits per heavy atom. The molecule has 14 heavy (non-hydrogen) atoms. The molecule has 0 bridgehead atoms. The first kappa shape index (κ1) is 10.1. The van der Waals surface area contributed by atoms with Crippen molar-refractivity contribution >= 4 is 5.78 Å². The standard InChI is InChI=1S/C11H18O3/c1-2-10-8-11(4-6-13-10)7-9(12)3-5-14-11/h10H,2-8H2,1H3. The Morgan fingerprint density at radius 2 is 2.36 bits per heavy atom. The molecule has 0 N–H and O–H groups in total. The maximum Gasteiger partial charge on any atom is 0.138 e. The molecule has 0 aromatic heterocycles. The lowest BCUT2D eigenvalue weighted by molar-refractivity contribution is -0.167. The molecule has 2 heterocycles. The zero-order valence-corrected chi connectivity index (χ0v) is 8.75. The van der Waals surface area contributed by atoms with Crippen LogP contribution in [0.25, 0.3) is 0 Å². The number of rotatable bonds is 1. The van der Waals surface area contributed by atoms with Gasteiger partial charge in [0.05, 0.1) is 18.3 Å². The van der Waals surface area contributed by atoms with Crippen LogP contribution in [0.5, 0.6) is 0 Å². The van der Waals surface area contributed by atoms with Crippen LogP contribution in [0.1, 0.15) is 39.0 Å². The predicted octanol–water partition coefficient (Wildman–Crippen LogP) is 1.69. The maximum atomic E-state index is 11.4. The van der Waals surface area contributed by atoms with Crippen molar-refractivity contribution < 1.29 is 14.3 Å². The monoisotopic (exact) mass is 198 g/mol. The van der Waals surface area contributed by atoms with Crippen LogP contribution >= 0.6 is 0 Å². The van der Waals surface area contributed by atoms with Crippen LogP contribution in [-0.4, -0.2) is 30.7 Å². The minimum Gasteiger partial charge on any atom is -0.378 e. The molecule has 2 rings (SSSR count). The van der Waals surface area contributed by atoms with E-state index in [0.29, 0.717) is 25.2 Å². The van der Waals surface area contributed by atoms with Crippen molar-refractivity contribution in [3.8, 4) is 0 Å². The zero-order chi connectivity index (χ0) is 10.0. The van der Waals surface area contributed by atoms with Crippen molar-refractivity contribution in [3.05, 3.63) is 0 Å². The molecular formula is C11H18O3. The largest absolute Gasteiger partial charge is 0.378 e. The number of hydrogen-bond donors (Lipinski definition) is 0. The van der Waals surface area contributed by atoms with E-state index in [1.807, 2.05) is 0 Å². The van der Waals surface area contributed by atoms with Crippen molar-refractivity contribution in [1.29, 1.82) is 0 Å². The topological polar surface area (TPSA) is 35.5 Å². The average Bonchev–Trinajstić information content (AvgIpc) is 2.17. The highest BCUT2D eigenvalue weighted by atomic mass is 16.5. The van der Waals surface area contributed by atoms with Gasteiger partial charge in [-0.3, -0.25) is 4.79 Å². The van der Waals surface area contributed by atoms with Gasteiger partial charge in [-0.2, -0.15) is 0 Å². The third-order valence-corrected chi connectivity index (χ3v) is 3.27. The summed E-state index contributed by atoms with van der Waals surface area (Å²) in [5.41, 5.74) is -0.172. The molecule has 0 saturated carbocycles. The first-order valence-electron chi connectivity index (χ1n) is 5.51. The van der Waals surface area contributed by atoms with Crippen LogP contribution in [0, 0.1) is 0 Å². The van der Waals surface area contributed by atoms with E-state index in [2.05, 4.69) is 6.92 Å². The predicted molar refractivity (Wildman–Crippen MR) is 52.2 cm³/mol. The Morgan fingerprint density at radius 1 is 1.50 bits per heavy atom. The van der Waals surface area contributed by atoms with Gasteiger partial charge >= 0.3 is 0 Å². The van der Waals surface area contributed by atoms with Gasteiger partial charge in [-0.1, -0.05) is 6.92 Å². The summed E-state index contributed by atoms with van der Waals surface area (Å²) in [6.07, 6.45) is 4.28. The number of hydrogen-bond acceptors (Lipinski definition) is 3. The quantitative estimate of drug-likeness (QED) is 0.643. The molecule has 0 aliphatic carbocycles. The summed E-state index contributed by atoms with van der Waals surface area (Å²) >= 11 is 0. The van der Waals surface area contributed by atoms with Crippen molar-refractivity contribution in [1.82, 2.24) is 0 Å². The lowest BCUT2D eigenvalue weighted by atomic mass is 9.83. The Hall–Kier alpha value is -0.410. The van der Waals surface area contributed by atoms with Gasteiger partial charge in [-0.05, 0) is 6.42 Å². The highest BCUT2D eigenvalue weighted by molar-refractivity contribution is 5.80. The Kier molecular flexibility index (Phi) is 2.88. The first-order chi connectivity index (χ1) is 6.74. The molecule has 2 aliphatic heterocycles. The van der Waals surface area contributed by atoms with E-state index in [-0.39, 0.29) is 11.7 Å². The van der Waals surface area contributed by atoms with Crippen molar-refractivity contribution in [2.75, 3.05) is 13.2 Å². The van der Waals surface area contributed by atoms with Crippen LogP contribution in [-0.2, 0) is 14.3 Å². The summed E-state index contributed by atoms with van der Waals surface area (Å²) in [7, 11) is 0. The Balaban J connectivity index is 2.02. The van der Waals surface area contributed by atoms with Gasteiger partial charge in [-0.15, -0.1) is 0 Å². The smallest absolute Gasteiger partial charge is 0.138 e. The summed E-state index contributed by atoms with van der Waals surface area (Å²) in [5.74, 6) is 0.355. The lowest BCUT2D eigenvalue weighted by Crippen LogP contribution is -2.47. The molecule has 1 spiro atoms. The minimum atomic E-state index is -0.172. The Labute approximate surface area is 84.8 Å². The van der Waals surface area contributed by atoms with Crippen LogP contribution in [0.2, 0.25) is 0 Å². The molecule has 2 atom stereocenters. The van der Waals surface area contributed by atoms with E-state index in [0.717, 1.165) is 25.9 Å². The molecule has 2 unspecified atom stereocenters. The third kappa shape index (κ3) is 1.98. The molecule has 3 heteroatoms. The number of ether oxygens (including phenoxy) is 2. The van der Waals surface area contributed by atoms with Crippen LogP contribution < -0.4 is 0 Å². The van der Waals surface area contributed by atoms with Gasteiger partial charge in [0.25, 0.3) is 0 Å². The molecule has 0 aromatic carbocycles. The van der Waals surface area contributed by atoms with E-state index in [1.54, 1.807) is 0 Å². The third-order valence-electron chi connectivity index (χ3n) is 3.27. The molecule has 80 valence electrons. The van der Waals surface area contributed by atoms with Crippen LogP contribution in [0.3, 0.4) is 0 Å². The number of carbonyl (C=O) groups is 1. The van der Waals surface area contributed by atoms with Gasteiger partial charge in [0, 0.05) is 32.3 Å². The van der Waals surface area contributed by atoms with E-state index in [1.165, 1.54) is 0 Å². The second kappa shape index (κ2) is 3.99. The molecule has 0 radical (unpaired) electrons. The summed E-state index contributed by atoms with van der Waals surface area (Å²) in [4.78, 5) is 11.4. The van der Waals surface area contributed by atoms with Gasteiger partial charge in [-0.25, -0.2) is 0 Å². The highest BCUT2D eigenvalue weighted by Crippen LogP contribution is 2.35. The SMILES string of the molecule is CCC1CC2(CCO1)CC(=O)CCO2. The van der Waals surface area contributed by atoms with Crippen LogP contribution in [0.4, 0.5) is 0 Å². The zero-order valence-electron chi connectivity index (χ0n) is 8.75. The summed E-state index contributed by atoms with van der Waals surface area (Å²) < 4.78 is 11.4. The molecule has 2 aliphatic rings. The fourth-order valence-corrected chi connectivity index (χ4v) is 2.42. The van der Waals surface area contributed by atoms with Gasteiger partial charge in [0.1, 0.15) is 5.78 Å². The fraction of sp³-hybridized carbons (Fsp3) is 0.909. The average molecular weight is 198 g/mol. The van der Waals surface area contributed by atoms with E-state index in [4.69, 9.17) is 9.47 Å². The minimum absolute atomic E-state index is 0.172. The van der Waals surface area contributed by atoms with Crippen LogP contribution in [0.15, 0.2) is 0 Å².